The van der Waals surface area contributed by atoms with Crippen molar-refractivity contribution in [1.29, 1.82) is 0 Å². The first-order valence-corrected chi connectivity index (χ1v) is 7.54. The number of hydrogen-bond donors (Lipinski definition) is 1. The first-order chi connectivity index (χ1) is 9.94. The summed E-state index contributed by atoms with van der Waals surface area (Å²) in [5, 5.41) is 0. The molecule has 0 atom stereocenters. The van der Waals surface area contributed by atoms with Gasteiger partial charge in [-0.2, -0.15) is 0 Å². The largest absolute Gasteiger partial charge is 0.465 e. The number of ether oxygens (including phenoxy) is 1. The highest BCUT2D eigenvalue weighted by Gasteiger charge is 2.19. The highest BCUT2D eigenvalue weighted by molar-refractivity contribution is 7.92. The Kier molecular flexibility index (Phi) is 4.23. The van der Waals surface area contributed by atoms with E-state index in [9.17, 15) is 13.2 Å². The molecule has 0 bridgehead atoms. The summed E-state index contributed by atoms with van der Waals surface area (Å²) in [5.41, 5.74) is 1.14. The van der Waals surface area contributed by atoms with Crippen LogP contribution in [0.25, 0.3) is 0 Å². The maximum absolute atomic E-state index is 12.2. The SMILES string of the molecule is COC(=O)c1cc(C)ccc1NS(=O)(=O)c1cccnc1. The molecule has 0 aliphatic carbocycles. The number of aromatic nitrogens is 1. The van der Waals surface area contributed by atoms with Crippen LogP contribution >= 0.6 is 0 Å². The normalized spacial score (nSPS) is 11.0. The molecular weight excluding hydrogens is 292 g/mol. The van der Waals surface area contributed by atoms with E-state index in [-0.39, 0.29) is 16.1 Å². The van der Waals surface area contributed by atoms with Crippen LogP contribution in [0.3, 0.4) is 0 Å². The summed E-state index contributed by atoms with van der Waals surface area (Å²) in [7, 11) is -2.57. The third-order valence-corrected chi connectivity index (χ3v) is 4.12. The summed E-state index contributed by atoms with van der Waals surface area (Å²) in [6, 6.07) is 7.72. The fourth-order valence-electron chi connectivity index (χ4n) is 1.74. The van der Waals surface area contributed by atoms with E-state index in [1.54, 1.807) is 19.1 Å². The van der Waals surface area contributed by atoms with Crippen molar-refractivity contribution in [1.82, 2.24) is 4.98 Å². The molecule has 0 spiro atoms. The smallest absolute Gasteiger partial charge is 0.340 e. The van der Waals surface area contributed by atoms with Crippen molar-refractivity contribution in [3.05, 3.63) is 53.9 Å². The first-order valence-electron chi connectivity index (χ1n) is 6.06. The number of carbonyl (C=O) groups is 1. The second-order valence-electron chi connectivity index (χ2n) is 4.33. The van der Waals surface area contributed by atoms with Gasteiger partial charge in [-0.1, -0.05) is 11.6 Å². The Balaban J connectivity index is 2.42. The van der Waals surface area contributed by atoms with Gasteiger partial charge in [0.15, 0.2) is 0 Å². The molecule has 0 aliphatic heterocycles. The van der Waals surface area contributed by atoms with Crippen molar-refractivity contribution in [2.45, 2.75) is 11.8 Å². The van der Waals surface area contributed by atoms with E-state index in [1.165, 1.54) is 37.7 Å². The lowest BCUT2D eigenvalue weighted by molar-refractivity contribution is 0.0602. The number of aryl methyl sites for hydroxylation is 1. The van der Waals surface area contributed by atoms with Crippen LogP contribution in [0.5, 0.6) is 0 Å². The van der Waals surface area contributed by atoms with Crippen molar-refractivity contribution < 1.29 is 17.9 Å². The van der Waals surface area contributed by atoms with Gasteiger partial charge in [-0.25, -0.2) is 13.2 Å². The highest BCUT2D eigenvalue weighted by atomic mass is 32.2. The maximum Gasteiger partial charge on any atom is 0.340 e. The number of rotatable bonds is 4. The zero-order chi connectivity index (χ0) is 15.5. The van der Waals surface area contributed by atoms with Crippen molar-refractivity contribution in [2.24, 2.45) is 0 Å². The molecule has 7 heteroatoms. The molecule has 110 valence electrons. The lowest BCUT2D eigenvalue weighted by Crippen LogP contribution is -2.16. The molecule has 0 unspecified atom stereocenters. The van der Waals surface area contributed by atoms with Gasteiger partial charge in [0.2, 0.25) is 0 Å². The average molecular weight is 306 g/mol. The molecule has 0 saturated heterocycles. The standard InChI is InChI=1S/C14H14N2O4S/c1-10-5-6-13(12(8-10)14(17)20-2)16-21(18,19)11-4-3-7-15-9-11/h3-9,16H,1-2H3. The van der Waals surface area contributed by atoms with Crippen molar-refractivity contribution >= 4 is 21.7 Å². The van der Waals surface area contributed by atoms with E-state index in [1.807, 2.05) is 0 Å². The maximum atomic E-state index is 12.2. The van der Waals surface area contributed by atoms with Gasteiger partial charge in [0.1, 0.15) is 4.90 Å². The number of sulfonamides is 1. The summed E-state index contributed by atoms with van der Waals surface area (Å²) < 4.78 is 31.5. The Bertz CT molecular complexity index is 758. The molecule has 0 radical (unpaired) electrons. The van der Waals surface area contributed by atoms with Crippen LogP contribution in [0.2, 0.25) is 0 Å². The molecule has 0 saturated carbocycles. The number of anilines is 1. The van der Waals surface area contributed by atoms with E-state index in [4.69, 9.17) is 0 Å². The van der Waals surface area contributed by atoms with Gasteiger partial charge in [-0.15, -0.1) is 0 Å². The number of nitrogens with zero attached hydrogens (tertiary/aromatic N) is 1. The van der Waals surface area contributed by atoms with Gasteiger partial charge in [0, 0.05) is 12.4 Å². The summed E-state index contributed by atoms with van der Waals surface area (Å²) in [5.74, 6) is -0.609. The number of benzene rings is 1. The number of carbonyl (C=O) groups excluding carboxylic acids is 1. The molecule has 1 N–H and O–H groups in total. The topological polar surface area (TPSA) is 85.4 Å². The second kappa shape index (κ2) is 5.92. The predicted octanol–water partition coefficient (Wildman–Crippen LogP) is 1.98. The molecule has 21 heavy (non-hydrogen) atoms. The van der Waals surface area contributed by atoms with E-state index >= 15 is 0 Å². The molecule has 2 rings (SSSR count). The summed E-state index contributed by atoms with van der Waals surface area (Å²) in [4.78, 5) is 15.5. The molecule has 1 heterocycles. The first kappa shape index (κ1) is 15.0. The second-order valence-corrected chi connectivity index (χ2v) is 6.02. The van der Waals surface area contributed by atoms with Crippen LogP contribution < -0.4 is 4.72 Å². The van der Waals surface area contributed by atoms with Crippen molar-refractivity contribution in [3.8, 4) is 0 Å². The predicted molar refractivity (Wildman–Crippen MR) is 77.6 cm³/mol. The lowest BCUT2D eigenvalue weighted by Gasteiger charge is -2.12. The van der Waals surface area contributed by atoms with E-state index in [0.717, 1.165) is 5.56 Å². The quantitative estimate of drug-likeness (QED) is 0.873. The fourth-order valence-corrected chi connectivity index (χ4v) is 2.78. The molecule has 6 nitrogen and oxygen atoms in total. The minimum Gasteiger partial charge on any atom is -0.465 e. The van der Waals surface area contributed by atoms with Gasteiger partial charge >= 0.3 is 5.97 Å². The highest BCUT2D eigenvalue weighted by Crippen LogP contribution is 2.22. The number of methoxy groups -OCH3 is 1. The van der Waals surface area contributed by atoms with Gasteiger partial charge < -0.3 is 4.74 Å². The fraction of sp³-hybridized carbons (Fsp3) is 0.143. The zero-order valence-electron chi connectivity index (χ0n) is 11.5. The van der Waals surface area contributed by atoms with Gasteiger partial charge in [-0.05, 0) is 31.2 Å². The molecular formula is C14H14N2O4S. The molecule has 0 aliphatic rings. The van der Waals surface area contributed by atoms with E-state index < -0.39 is 16.0 Å². The Morgan fingerprint density at radius 1 is 1.29 bits per heavy atom. The summed E-state index contributed by atoms with van der Waals surface area (Å²) in [6.07, 6.45) is 2.71. The van der Waals surface area contributed by atoms with E-state index in [2.05, 4.69) is 14.4 Å². The van der Waals surface area contributed by atoms with Crippen molar-refractivity contribution in [3.63, 3.8) is 0 Å². The van der Waals surface area contributed by atoms with Crippen molar-refractivity contribution in [2.75, 3.05) is 11.8 Å². The number of nitrogens with one attached hydrogen (secondary N) is 1. The third-order valence-electron chi connectivity index (χ3n) is 2.77. The summed E-state index contributed by atoms with van der Waals surface area (Å²) in [6.45, 7) is 1.80. The molecule has 1 aromatic heterocycles. The Labute approximate surface area is 122 Å². The zero-order valence-corrected chi connectivity index (χ0v) is 12.3. The van der Waals surface area contributed by atoms with Crippen LogP contribution in [0.15, 0.2) is 47.6 Å². The Morgan fingerprint density at radius 2 is 2.05 bits per heavy atom. The van der Waals surface area contributed by atoms with Crippen LogP contribution in [0, 0.1) is 6.92 Å². The Morgan fingerprint density at radius 3 is 2.67 bits per heavy atom. The van der Waals surface area contributed by atoms with Gasteiger partial charge in [0.25, 0.3) is 10.0 Å². The number of pyridine rings is 1. The molecule has 0 fully saturated rings. The molecule has 2 aromatic rings. The van der Waals surface area contributed by atoms with Gasteiger partial charge in [-0.3, -0.25) is 9.71 Å². The van der Waals surface area contributed by atoms with Crippen LogP contribution in [-0.4, -0.2) is 26.5 Å². The lowest BCUT2D eigenvalue weighted by atomic mass is 10.1. The molecule has 1 aromatic carbocycles. The Hall–Kier alpha value is -2.41. The van der Waals surface area contributed by atoms with Crippen LogP contribution in [-0.2, 0) is 14.8 Å². The van der Waals surface area contributed by atoms with Crippen LogP contribution in [0.4, 0.5) is 5.69 Å². The van der Waals surface area contributed by atoms with Gasteiger partial charge in [0.05, 0.1) is 18.4 Å². The van der Waals surface area contributed by atoms with E-state index in [0.29, 0.717) is 0 Å². The summed E-state index contributed by atoms with van der Waals surface area (Å²) >= 11 is 0. The molecule has 0 amide bonds. The average Bonchev–Trinajstić information content (AvgIpc) is 2.49. The third kappa shape index (κ3) is 3.38. The minimum absolute atomic E-state index is 0.0152. The monoisotopic (exact) mass is 306 g/mol. The van der Waals surface area contributed by atoms with Crippen LogP contribution in [0.1, 0.15) is 15.9 Å². The number of esters is 1. The minimum atomic E-state index is -3.81. The number of hydrogen-bond acceptors (Lipinski definition) is 5.